The number of para-hydroxylation sites is 1. The molecule has 3 rings (SSSR count). The van der Waals surface area contributed by atoms with Gasteiger partial charge in [0.05, 0.1) is 28.2 Å². The zero-order valence-corrected chi connectivity index (χ0v) is 15.7. The van der Waals surface area contributed by atoms with Gasteiger partial charge < -0.3 is 10.5 Å². The highest BCUT2D eigenvalue weighted by atomic mass is 79.9. The Hall–Kier alpha value is -2.12. The van der Waals surface area contributed by atoms with Crippen LogP contribution in [0.5, 0.6) is 5.75 Å². The second-order valence-electron chi connectivity index (χ2n) is 5.07. The minimum atomic E-state index is -0.583. The van der Waals surface area contributed by atoms with Gasteiger partial charge in [0.15, 0.2) is 0 Å². The van der Waals surface area contributed by atoms with E-state index in [1.54, 1.807) is 36.4 Å². The number of hydrogen-bond donors (Lipinski definition) is 1. The van der Waals surface area contributed by atoms with E-state index in [0.29, 0.717) is 32.3 Å². The Morgan fingerprint density at radius 2 is 1.83 bits per heavy atom. The lowest BCUT2D eigenvalue weighted by Crippen LogP contribution is -2.14. The number of carbonyl (C=O) groups is 2. The van der Waals surface area contributed by atoms with Gasteiger partial charge in [0, 0.05) is 16.1 Å². The topological polar surface area (TPSA) is 74.3 Å². The molecule has 3 aromatic rings. The van der Waals surface area contributed by atoms with E-state index < -0.39 is 5.91 Å². The van der Waals surface area contributed by atoms with Crippen LogP contribution >= 0.6 is 31.9 Å². The predicted octanol–water partition coefficient (Wildman–Crippen LogP) is 3.96. The summed E-state index contributed by atoms with van der Waals surface area (Å²) in [7, 11) is 1.49. The molecule has 0 fully saturated rings. The van der Waals surface area contributed by atoms with Crippen molar-refractivity contribution in [1.29, 1.82) is 0 Å². The number of primary amides is 1. The highest BCUT2D eigenvalue weighted by Crippen LogP contribution is 2.34. The number of halogens is 2. The first-order valence-corrected chi connectivity index (χ1v) is 8.50. The van der Waals surface area contributed by atoms with Crippen LogP contribution in [0.15, 0.2) is 51.5 Å². The van der Waals surface area contributed by atoms with Crippen molar-refractivity contribution in [1.82, 2.24) is 4.57 Å². The molecule has 0 aliphatic carbocycles. The number of aromatic nitrogens is 1. The number of carbonyl (C=O) groups excluding carboxylic acids is 2. The van der Waals surface area contributed by atoms with Gasteiger partial charge in [-0.25, -0.2) is 0 Å². The van der Waals surface area contributed by atoms with Crippen LogP contribution < -0.4 is 10.5 Å². The highest BCUT2D eigenvalue weighted by molar-refractivity contribution is 9.11. The molecule has 0 saturated carbocycles. The van der Waals surface area contributed by atoms with E-state index in [1.165, 1.54) is 17.9 Å². The number of fused-ring (bicyclic) bond motifs is 1. The van der Waals surface area contributed by atoms with Crippen LogP contribution in [0.3, 0.4) is 0 Å². The van der Waals surface area contributed by atoms with E-state index in [9.17, 15) is 9.59 Å². The second-order valence-corrected chi connectivity index (χ2v) is 6.84. The van der Waals surface area contributed by atoms with Gasteiger partial charge in [-0.1, -0.05) is 34.1 Å². The van der Waals surface area contributed by atoms with Gasteiger partial charge in [-0.15, -0.1) is 0 Å². The first kappa shape index (κ1) is 16.7. The first-order valence-electron chi connectivity index (χ1n) is 6.91. The molecule has 24 heavy (non-hydrogen) atoms. The summed E-state index contributed by atoms with van der Waals surface area (Å²) in [5.41, 5.74) is 6.69. The lowest BCUT2D eigenvalue weighted by Gasteiger charge is -2.11. The summed E-state index contributed by atoms with van der Waals surface area (Å²) in [6.07, 6.45) is 1.46. The number of nitrogens with zero attached hydrogens (tertiary/aromatic N) is 1. The summed E-state index contributed by atoms with van der Waals surface area (Å²) >= 11 is 6.76. The van der Waals surface area contributed by atoms with Crippen LogP contribution in [0.25, 0.3) is 10.9 Å². The maximum atomic E-state index is 13.1. The molecule has 0 atom stereocenters. The molecule has 1 heterocycles. The lowest BCUT2D eigenvalue weighted by atomic mass is 10.1. The van der Waals surface area contributed by atoms with Crippen LogP contribution in [0, 0.1) is 0 Å². The normalized spacial score (nSPS) is 10.8. The fraction of sp³-hybridized carbons (Fsp3) is 0.0588. The summed E-state index contributed by atoms with van der Waals surface area (Å²) in [6, 6.07) is 10.6. The second kappa shape index (κ2) is 6.41. The Balaban J connectivity index is 2.26. The van der Waals surface area contributed by atoms with Crippen LogP contribution in [-0.2, 0) is 0 Å². The van der Waals surface area contributed by atoms with Gasteiger partial charge in [-0.2, -0.15) is 0 Å². The SMILES string of the molecule is COc1c(Br)cc(Br)cc1C(=O)n1cc(C(N)=O)c2ccccc21. The molecule has 2 aromatic carbocycles. The third-order valence-corrected chi connectivity index (χ3v) is 4.69. The molecule has 122 valence electrons. The molecule has 0 saturated heterocycles. The quantitative estimate of drug-likeness (QED) is 0.654. The van der Waals surface area contributed by atoms with Crippen LogP contribution in [0.1, 0.15) is 20.7 Å². The molecule has 0 aliphatic heterocycles. The Morgan fingerprint density at radius 3 is 2.50 bits per heavy atom. The third kappa shape index (κ3) is 2.74. The Bertz CT molecular complexity index is 979. The summed E-state index contributed by atoms with van der Waals surface area (Å²) in [6.45, 7) is 0. The molecule has 0 unspecified atom stereocenters. The van der Waals surface area contributed by atoms with E-state index in [0.717, 1.165) is 4.47 Å². The molecule has 1 aromatic heterocycles. The summed E-state index contributed by atoms with van der Waals surface area (Å²) in [5, 5.41) is 0.631. The van der Waals surface area contributed by atoms with E-state index in [2.05, 4.69) is 31.9 Å². The standard InChI is InChI=1S/C17H12Br2N2O3/c1-24-15-11(6-9(18)7-13(15)19)17(23)21-8-12(16(20)22)10-4-2-3-5-14(10)21/h2-8H,1H3,(H2,20,22). The fourth-order valence-electron chi connectivity index (χ4n) is 2.60. The Labute approximate surface area is 154 Å². The lowest BCUT2D eigenvalue weighted by molar-refractivity contribution is 0.0961. The van der Waals surface area contributed by atoms with Crippen molar-refractivity contribution in [2.75, 3.05) is 7.11 Å². The molecular weight excluding hydrogens is 440 g/mol. The van der Waals surface area contributed by atoms with Crippen molar-refractivity contribution < 1.29 is 14.3 Å². The van der Waals surface area contributed by atoms with Crippen LogP contribution in [0.4, 0.5) is 0 Å². The number of methoxy groups -OCH3 is 1. The summed E-state index contributed by atoms with van der Waals surface area (Å²) in [4.78, 5) is 24.7. The number of rotatable bonds is 3. The summed E-state index contributed by atoms with van der Waals surface area (Å²) < 4.78 is 8.13. The Kier molecular flexibility index (Phi) is 4.47. The van der Waals surface area contributed by atoms with Gasteiger partial charge in [-0.3, -0.25) is 14.2 Å². The molecule has 0 radical (unpaired) electrons. The largest absolute Gasteiger partial charge is 0.495 e. The van der Waals surface area contributed by atoms with Gasteiger partial charge in [0.1, 0.15) is 5.75 Å². The van der Waals surface area contributed by atoms with E-state index in [1.807, 2.05) is 0 Å². The zero-order chi connectivity index (χ0) is 17.4. The van der Waals surface area contributed by atoms with E-state index in [-0.39, 0.29) is 5.91 Å². The average Bonchev–Trinajstić information content (AvgIpc) is 2.93. The van der Waals surface area contributed by atoms with Crippen molar-refractivity contribution in [2.24, 2.45) is 5.73 Å². The van der Waals surface area contributed by atoms with Gasteiger partial charge in [0.2, 0.25) is 0 Å². The van der Waals surface area contributed by atoms with Crippen molar-refractivity contribution in [3.05, 3.63) is 62.7 Å². The number of nitrogens with two attached hydrogens (primary N) is 1. The average molecular weight is 452 g/mol. The maximum Gasteiger partial charge on any atom is 0.266 e. The Morgan fingerprint density at radius 1 is 1.12 bits per heavy atom. The maximum absolute atomic E-state index is 13.1. The van der Waals surface area contributed by atoms with Gasteiger partial charge in [0.25, 0.3) is 11.8 Å². The van der Waals surface area contributed by atoms with Crippen LogP contribution in [0.2, 0.25) is 0 Å². The third-order valence-electron chi connectivity index (χ3n) is 3.64. The number of benzene rings is 2. The van der Waals surface area contributed by atoms with Gasteiger partial charge in [-0.05, 0) is 34.1 Å². The zero-order valence-electron chi connectivity index (χ0n) is 12.5. The number of amides is 1. The van der Waals surface area contributed by atoms with E-state index in [4.69, 9.17) is 10.5 Å². The van der Waals surface area contributed by atoms with Crippen molar-refractivity contribution in [3.8, 4) is 5.75 Å². The fourth-order valence-corrected chi connectivity index (χ4v) is 3.99. The van der Waals surface area contributed by atoms with E-state index >= 15 is 0 Å². The highest BCUT2D eigenvalue weighted by Gasteiger charge is 2.22. The molecule has 7 heteroatoms. The van der Waals surface area contributed by atoms with Gasteiger partial charge >= 0.3 is 0 Å². The molecule has 0 aliphatic rings. The summed E-state index contributed by atoms with van der Waals surface area (Å²) in [5.74, 6) is -0.487. The predicted molar refractivity (Wildman–Crippen MR) is 98.6 cm³/mol. The van der Waals surface area contributed by atoms with Crippen molar-refractivity contribution >= 4 is 54.6 Å². The number of ether oxygens (including phenoxy) is 1. The first-order chi connectivity index (χ1) is 11.4. The molecular formula is C17H12Br2N2O3. The molecule has 1 amide bonds. The molecule has 0 bridgehead atoms. The monoisotopic (exact) mass is 450 g/mol. The minimum absolute atomic E-state index is 0.298. The van der Waals surface area contributed by atoms with Crippen molar-refractivity contribution in [2.45, 2.75) is 0 Å². The van der Waals surface area contributed by atoms with Crippen LogP contribution in [-0.4, -0.2) is 23.5 Å². The minimum Gasteiger partial charge on any atom is -0.495 e. The molecule has 2 N–H and O–H groups in total. The molecule has 5 nitrogen and oxygen atoms in total. The number of hydrogen-bond acceptors (Lipinski definition) is 3. The molecule has 0 spiro atoms. The van der Waals surface area contributed by atoms with Crippen molar-refractivity contribution in [3.63, 3.8) is 0 Å². The smallest absolute Gasteiger partial charge is 0.266 e.